The Balaban J connectivity index is 1.35. The largest absolute Gasteiger partial charge is 0.368 e. The van der Waals surface area contributed by atoms with Crippen molar-refractivity contribution in [3.8, 4) is 0 Å². The lowest BCUT2D eigenvalue weighted by Gasteiger charge is -2.36. The molecule has 1 atom stereocenters. The number of rotatable bonds is 4. The third kappa shape index (κ3) is 3.97. The van der Waals surface area contributed by atoms with Crippen LogP contribution in [0.25, 0.3) is 0 Å². The molecule has 170 valence electrons. The highest BCUT2D eigenvalue weighted by Crippen LogP contribution is 2.36. The molecule has 0 saturated carbocycles. The highest BCUT2D eigenvalue weighted by atomic mass is 32.2. The number of sulfonamides is 1. The highest BCUT2D eigenvalue weighted by molar-refractivity contribution is 7.92. The summed E-state index contributed by atoms with van der Waals surface area (Å²) in [6, 6.07) is 24.1. The van der Waals surface area contributed by atoms with Gasteiger partial charge in [0.2, 0.25) is 0 Å². The van der Waals surface area contributed by atoms with Crippen LogP contribution < -0.4 is 9.21 Å². The summed E-state index contributed by atoms with van der Waals surface area (Å²) < 4.78 is 28.6. The van der Waals surface area contributed by atoms with Gasteiger partial charge in [-0.3, -0.25) is 9.10 Å². The molecule has 1 unspecified atom stereocenters. The van der Waals surface area contributed by atoms with Gasteiger partial charge in [0.05, 0.1) is 10.6 Å². The predicted octanol–water partition coefficient (Wildman–Crippen LogP) is 3.79. The molecule has 1 amide bonds. The maximum Gasteiger partial charge on any atom is 0.264 e. The van der Waals surface area contributed by atoms with Crippen molar-refractivity contribution in [1.29, 1.82) is 0 Å². The Morgan fingerprint density at radius 1 is 0.848 bits per heavy atom. The summed E-state index contributed by atoms with van der Waals surface area (Å²) in [4.78, 5) is 17.4. The molecule has 2 heterocycles. The monoisotopic (exact) mass is 461 g/mol. The van der Waals surface area contributed by atoms with E-state index in [4.69, 9.17) is 0 Å². The highest BCUT2D eigenvalue weighted by Gasteiger charge is 2.36. The first-order chi connectivity index (χ1) is 15.9. The zero-order valence-corrected chi connectivity index (χ0v) is 19.4. The van der Waals surface area contributed by atoms with Crippen LogP contribution in [0, 0.1) is 0 Å². The maximum atomic E-state index is 13.6. The molecule has 1 fully saturated rings. The van der Waals surface area contributed by atoms with Crippen LogP contribution in [0.3, 0.4) is 0 Å². The number of hydrogen-bond donors (Lipinski definition) is 0. The second-order valence-electron chi connectivity index (χ2n) is 8.63. The van der Waals surface area contributed by atoms with Crippen molar-refractivity contribution < 1.29 is 13.2 Å². The fourth-order valence-corrected chi connectivity index (χ4v) is 6.53. The molecule has 3 aromatic carbocycles. The van der Waals surface area contributed by atoms with Crippen LogP contribution in [0.4, 0.5) is 11.4 Å². The Bertz CT molecular complexity index is 1270. The van der Waals surface area contributed by atoms with Crippen molar-refractivity contribution in [1.82, 2.24) is 4.90 Å². The number of benzene rings is 3. The lowest BCUT2D eigenvalue weighted by Crippen LogP contribution is -2.48. The number of amides is 1. The third-order valence-corrected chi connectivity index (χ3v) is 8.39. The minimum absolute atomic E-state index is 0.130. The molecule has 0 aromatic heterocycles. The van der Waals surface area contributed by atoms with E-state index in [0.717, 1.165) is 30.0 Å². The van der Waals surface area contributed by atoms with Gasteiger partial charge in [0, 0.05) is 43.5 Å². The average Bonchev–Trinajstić information content (AvgIpc) is 3.21. The number of carbonyl (C=O) groups is 1. The minimum Gasteiger partial charge on any atom is -0.368 e. The lowest BCUT2D eigenvalue weighted by atomic mass is 10.1. The van der Waals surface area contributed by atoms with E-state index in [1.807, 2.05) is 49.4 Å². The topological polar surface area (TPSA) is 60.9 Å². The van der Waals surface area contributed by atoms with E-state index in [0.29, 0.717) is 25.1 Å². The first-order valence-corrected chi connectivity index (χ1v) is 12.7. The SMILES string of the molecule is CC1Cc2ccccc2N1S(=O)(=O)c1cccc(C(=O)N2CCN(c3ccccc3)CC2)c1. The van der Waals surface area contributed by atoms with Gasteiger partial charge in [-0.25, -0.2) is 8.42 Å². The quantitative estimate of drug-likeness (QED) is 0.593. The van der Waals surface area contributed by atoms with Gasteiger partial charge in [0.25, 0.3) is 15.9 Å². The van der Waals surface area contributed by atoms with Crippen molar-refractivity contribution in [2.24, 2.45) is 0 Å². The fraction of sp³-hybridized carbons (Fsp3) is 0.269. The zero-order valence-electron chi connectivity index (χ0n) is 18.6. The average molecular weight is 462 g/mol. The van der Waals surface area contributed by atoms with E-state index in [9.17, 15) is 13.2 Å². The smallest absolute Gasteiger partial charge is 0.264 e. The summed E-state index contributed by atoms with van der Waals surface area (Å²) in [6.45, 7) is 4.60. The summed E-state index contributed by atoms with van der Waals surface area (Å²) in [6.07, 6.45) is 0.680. The number of fused-ring (bicyclic) bond motifs is 1. The van der Waals surface area contributed by atoms with Gasteiger partial charge >= 0.3 is 0 Å². The Morgan fingerprint density at radius 3 is 2.30 bits per heavy atom. The molecule has 0 aliphatic carbocycles. The summed E-state index contributed by atoms with van der Waals surface area (Å²) in [5.41, 5.74) is 3.30. The number of piperazine rings is 1. The molecule has 0 N–H and O–H groups in total. The van der Waals surface area contributed by atoms with Crippen LogP contribution in [-0.4, -0.2) is 51.4 Å². The molecule has 33 heavy (non-hydrogen) atoms. The first kappa shape index (κ1) is 21.5. The molecule has 2 aliphatic rings. The Labute approximate surface area is 195 Å². The number of hydrogen-bond acceptors (Lipinski definition) is 4. The molecular weight excluding hydrogens is 434 g/mol. The van der Waals surface area contributed by atoms with Crippen LogP contribution >= 0.6 is 0 Å². The van der Waals surface area contributed by atoms with Gasteiger partial charge in [0.15, 0.2) is 0 Å². The minimum atomic E-state index is -3.78. The normalized spacial score (nSPS) is 18.3. The maximum absolute atomic E-state index is 13.6. The third-order valence-electron chi connectivity index (χ3n) is 6.47. The van der Waals surface area contributed by atoms with E-state index in [1.54, 1.807) is 23.1 Å². The van der Waals surface area contributed by atoms with E-state index in [-0.39, 0.29) is 16.8 Å². The number of carbonyl (C=O) groups excluding carboxylic acids is 1. The molecule has 7 heteroatoms. The molecule has 1 saturated heterocycles. The second-order valence-corrected chi connectivity index (χ2v) is 10.4. The molecule has 0 radical (unpaired) electrons. The first-order valence-electron chi connectivity index (χ1n) is 11.3. The van der Waals surface area contributed by atoms with Crippen molar-refractivity contribution in [3.63, 3.8) is 0 Å². The summed E-state index contributed by atoms with van der Waals surface area (Å²) in [5.74, 6) is -0.130. The van der Waals surface area contributed by atoms with Crippen molar-refractivity contribution >= 4 is 27.3 Å². The van der Waals surface area contributed by atoms with Crippen LogP contribution in [0.2, 0.25) is 0 Å². The molecule has 2 aliphatic heterocycles. The van der Waals surface area contributed by atoms with Gasteiger partial charge in [-0.1, -0.05) is 42.5 Å². The van der Waals surface area contributed by atoms with Gasteiger partial charge in [0.1, 0.15) is 0 Å². The zero-order chi connectivity index (χ0) is 23.0. The molecule has 0 spiro atoms. The van der Waals surface area contributed by atoms with Crippen LogP contribution in [-0.2, 0) is 16.4 Å². The van der Waals surface area contributed by atoms with Gasteiger partial charge in [-0.2, -0.15) is 0 Å². The Kier molecular flexibility index (Phi) is 5.58. The van der Waals surface area contributed by atoms with Crippen LogP contribution in [0.5, 0.6) is 0 Å². The van der Waals surface area contributed by atoms with E-state index in [2.05, 4.69) is 17.0 Å². The fourth-order valence-electron chi connectivity index (χ4n) is 4.80. The molecule has 6 nitrogen and oxygen atoms in total. The van der Waals surface area contributed by atoms with Crippen molar-refractivity contribution in [2.45, 2.75) is 24.3 Å². The number of para-hydroxylation sites is 2. The number of anilines is 2. The van der Waals surface area contributed by atoms with Crippen molar-refractivity contribution in [2.75, 3.05) is 35.4 Å². The van der Waals surface area contributed by atoms with Gasteiger partial charge < -0.3 is 9.80 Å². The van der Waals surface area contributed by atoms with Crippen LogP contribution in [0.1, 0.15) is 22.8 Å². The lowest BCUT2D eigenvalue weighted by molar-refractivity contribution is 0.0746. The molecule has 0 bridgehead atoms. The molecule has 5 rings (SSSR count). The summed E-state index contributed by atoms with van der Waals surface area (Å²) in [5, 5.41) is 0. The molecule has 3 aromatic rings. The molecular formula is C26H27N3O3S. The number of nitrogens with zero attached hydrogens (tertiary/aromatic N) is 3. The van der Waals surface area contributed by atoms with E-state index in [1.165, 1.54) is 10.4 Å². The van der Waals surface area contributed by atoms with Gasteiger partial charge in [-0.05, 0) is 55.3 Å². The van der Waals surface area contributed by atoms with Crippen LogP contribution in [0.15, 0.2) is 83.8 Å². The standard InChI is InChI=1S/C26H27N3O3S/c1-20-18-21-8-5-6-13-25(21)29(20)33(31,32)24-12-7-9-22(19-24)26(30)28-16-14-27(15-17-28)23-10-3-2-4-11-23/h2-13,19-20H,14-18H2,1H3. The Morgan fingerprint density at radius 2 is 1.55 bits per heavy atom. The van der Waals surface area contributed by atoms with E-state index < -0.39 is 10.0 Å². The van der Waals surface area contributed by atoms with Crippen molar-refractivity contribution in [3.05, 3.63) is 90.0 Å². The van der Waals surface area contributed by atoms with E-state index >= 15 is 0 Å². The Hall–Kier alpha value is -3.32. The predicted molar refractivity (Wildman–Crippen MR) is 130 cm³/mol. The summed E-state index contributed by atoms with van der Waals surface area (Å²) in [7, 11) is -3.78. The second kappa shape index (κ2) is 8.56. The van der Waals surface area contributed by atoms with Gasteiger partial charge in [-0.15, -0.1) is 0 Å². The summed E-state index contributed by atoms with van der Waals surface area (Å²) >= 11 is 0.